The fourth-order valence-corrected chi connectivity index (χ4v) is 2.39. The summed E-state index contributed by atoms with van der Waals surface area (Å²) in [4.78, 5) is 15.8. The quantitative estimate of drug-likeness (QED) is 0.626. The summed E-state index contributed by atoms with van der Waals surface area (Å²) >= 11 is 6.24. The van der Waals surface area contributed by atoms with Crippen molar-refractivity contribution in [2.75, 3.05) is 36.5 Å². The van der Waals surface area contributed by atoms with E-state index < -0.39 is 5.60 Å². The van der Waals surface area contributed by atoms with Crippen LogP contribution in [0, 0.1) is 0 Å². The van der Waals surface area contributed by atoms with Crippen molar-refractivity contribution in [3.63, 3.8) is 0 Å². The molecule has 2 rings (SSSR count). The highest BCUT2D eigenvalue weighted by Crippen LogP contribution is 2.30. The number of nitrogen functional groups attached to an aromatic ring is 1. The lowest BCUT2D eigenvalue weighted by Crippen LogP contribution is -2.50. The average Bonchev–Trinajstić information content (AvgIpc) is 2.46. The number of carbonyl (C=O) groups excluding carboxylic acids is 1. The van der Waals surface area contributed by atoms with Crippen LogP contribution in [0.1, 0.15) is 20.8 Å². The van der Waals surface area contributed by atoms with Crippen molar-refractivity contribution in [1.29, 1.82) is 0 Å². The third kappa shape index (κ3) is 3.89. The van der Waals surface area contributed by atoms with Gasteiger partial charge in [0.2, 0.25) is 0 Å². The molecule has 0 bridgehead atoms. The molecule has 0 radical (unpaired) electrons. The van der Waals surface area contributed by atoms with E-state index in [4.69, 9.17) is 22.2 Å². The number of hydrogen-bond acceptors (Lipinski definition) is 7. The highest BCUT2D eigenvalue weighted by atomic mass is 35.5. The van der Waals surface area contributed by atoms with Crippen LogP contribution in [0.3, 0.4) is 0 Å². The number of aromatic nitrogens is 2. The summed E-state index contributed by atoms with van der Waals surface area (Å²) in [6, 6.07) is 0. The summed E-state index contributed by atoms with van der Waals surface area (Å²) in [7, 11) is 0. The first-order chi connectivity index (χ1) is 10.3. The largest absolute Gasteiger partial charge is 0.444 e. The summed E-state index contributed by atoms with van der Waals surface area (Å²) in [5.74, 6) is 5.67. The Morgan fingerprint density at radius 2 is 2.00 bits per heavy atom. The van der Waals surface area contributed by atoms with Gasteiger partial charge in [-0.2, -0.15) is 5.10 Å². The van der Waals surface area contributed by atoms with Gasteiger partial charge in [-0.05, 0) is 20.8 Å². The average molecular weight is 329 g/mol. The number of carbonyl (C=O) groups is 1. The Morgan fingerprint density at radius 3 is 2.55 bits per heavy atom. The van der Waals surface area contributed by atoms with Gasteiger partial charge in [-0.1, -0.05) is 11.6 Å². The Balaban J connectivity index is 1.99. The van der Waals surface area contributed by atoms with Crippen LogP contribution in [0.5, 0.6) is 0 Å². The van der Waals surface area contributed by atoms with E-state index in [9.17, 15) is 4.79 Å². The standard InChI is InChI=1S/C13H21ClN6O2/c1-13(2,3)22-12(21)20-6-4-19(5-7-20)9-8-16-18-11(17-15)10(9)14/h8H,4-7,15H2,1-3H3,(H,17,18). The number of anilines is 2. The zero-order chi connectivity index (χ0) is 16.3. The minimum atomic E-state index is -0.492. The summed E-state index contributed by atoms with van der Waals surface area (Å²) < 4.78 is 5.37. The molecular formula is C13H21ClN6O2. The van der Waals surface area contributed by atoms with Gasteiger partial charge in [0, 0.05) is 26.2 Å². The number of ether oxygens (including phenoxy) is 1. The fourth-order valence-electron chi connectivity index (χ4n) is 2.13. The van der Waals surface area contributed by atoms with Crippen molar-refractivity contribution >= 4 is 29.2 Å². The van der Waals surface area contributed by atoms with Gasteiger partial charge in [-0.15, -0.1) is 5.10 Å². The molecule has 0 aromatic carbocycles. The number of halogens is 1. The molecule has 0 atom stereocenters. The van der Waals surface area contributed by atoms with Crippen LogP contribution >= 0.6 is 11.6 Å². The van der Waals surface area contributed by atoms with Gasteiger partial charge in [0.15, 0.2) is 5.82 Å². The first-order valence-electron chi connectivity index (χ1n) is 7.02. The normalized spacial score (nSPS) is 15.7. The van der Waals surface area contributed by atoms with E-state index >= 15 is 0 Å². The predicted octanol–water partition coefficient (Wildman–Crippen LogP) is 1.47. The van der Waals surface area contributed by atoms with Crippen LogP contribution in [-0.2, 0) is 4.74 Å². The molecule has 9 heteroatoms. The smallest absolute Gasteiger partial charge is 0.410 e. The Labute approximate surface area is 134 Å². The van der Waals surface area contributed by atoms with Gasteiger partial charge in [-0.3, -0.25) is 0 Å². The number of nitrogens with one attached hydrogen (secondary N) is 1. The summed E-state index contributed by atoms with van der Waals surface area (Å²) in [6.45, 7) is 7.93. The Kier molecular flexibility index (Phi) is 4.92. The van der Waals surface area contributed by atoms with E-state index in [1.165, 1.54) is 0 Å². The van der Waals surface area contributed by atoms with E-state index in [0.717, 1.165) is 5.69 Å². The number of nitrogens with zero attached hydrogens (tertiary/aromatic N) is 4. The van der Waals surface area contributed by atoms with Crippen molar-refractivity contribution < 1.29 is 9.53 Å². The fraction of sp³-hybridized carbons (Fsp3) is 0.615. The number of amides is 1. The molecule has 1 amide bonds. The highest BCUT2D eigenvalue weighted by molar-refractivity contribution is 6.35. The van der Waals surface area contributed by atoms with Crippen molar-refractivity contribution in [3.8, 4) is 0 Å². The molecular weight excluding hydrogens is 308 g/mol. The van der Waals surface area contributed by atoms with Crippen LogP contribution in [0.2, 0.25) is 5.02 Å². The maximum atomic E-state index is 12.0. The first kappa shape index (κ1) is 16.6. The molecule has 0 spiro atoms. The summed E-state index contributed by atoms with van der Waals surface area (Å²) in [5.41, 5.74) is 2.66. The van der Waals surface area contributed by atoms with E-state index in [-0.39, 0.29) is 6.09 Å². The first-order valence-corrected chi connectivity index (χ1v) is 7.40. The monoisotopic (exact) mass is 328 g/mol. The number of rotatable bonds is 2. The topological polar surface area (TPSA) is 96.6 Å². The van der Waals surface area contributed by atoms with Crippen LogP contribution in [0.4, 0.5) is 16.3 Å². The SMILES string of the molecule is CC(C)(C)OC(=O)N1CCN(c2cnnc(NN)c2Cl)CC1. The molecule has 0 saturated carbocycles. The Bertz CT molecular complexity index is 540. The van der Waals surface area contributed by atoms with Gasteiger partial charge in [0.1, 0.15) is 10.6 Å². The molecule has 1 aliphatic heterocycles. The number of piperazine rings is 1. The molecule has 122 valence electrons. The Hall–Kier alpha value is -1.80. The zero-order valence-electron chi connectivity index (χ0n) is 13.0. The van der Waals surface area contributed by atoms with Crippen LogP contribution < -0.4 is 16.2 Å². The number of hydrogen-bond donors (Lipinski definition) is 2. The van der Waals surface area contributed by atoms with E-state index in [1.807, 2.05) is 25.7 Å². The maximum absolute atomic E-state index is 12.0. The summed E-state index contributed by atoms with van der Waals surface area (Å²) in [6.07, 6.45) is 1.29. The molecule has 2 heterocycles. The molecule has 1 aromatic rings. The lowest BCUT2D eigenvalue weighted by molar-refractivity contribution is 0.0240. The van der Waals surface area contributed by atoms with Crippen molar-refractivity contribution in [2.24, 2.45) is 5.84 Å². The number of nitrogens with two attached hydrogens (primary N) is 1. The molecule has 22 heavy (non-hydrogen) atoms. The van der Waals surface area contributed by atoms with Crippen molar-refractivity contribution in [1.82, 2.24) is 15.1 Å². The maximum Gasteiger partial charge on any atom is 0.410 e. The lowest BCUT2D eigenvalue weighted by atomic mass is 10.2. The van der Waals surface area contributed by atoms with Gasteiger partial charge in [0.05, 0.1) is 11.9 Å². The zero-order valence-corrected chi connectivity index (χ0v) is 13.7. The third-order valence-corrected chi connectivity index (χ3v) is 3.55. The predicted molar refractivity (Wildman–Crippen MR) is 84.9 cm³/mol. The van der Waals surface area contributed by atoms with Gasteiger partial charge in [0.25, 0.3) is 0 Å². The van der Waals surface area contributed by atoms with E-state index in [2.05, 4.69) is 15.6 Å². The molecule has 0 aliphatic carbocycles. The lowest BCUT2D eigenvalue weighted by Gasteiger charge is -2.36. The molecule has 8 nitrogen and oxygen atoms in total. The highest BCUT2D eigenvalue weighted by Gasteiger charge is 2.27. The molecule has 1 saturated heterocycles. The van der Waals surface area contributed by atoms with Gasteiger partial charge in [-0.25, -0.2) is 10.6 Å². The van der Waals surface area contributed by atoms with E-state index in [1.54, 1.807) is 11.1 Å². The van der Waals surface area contributed by atoms with Crippen LogP contribution in [0.15, 0.2) is 6.20 Å². The van der Waals surface area contributed by atoms with Gasteiger partial charge < -0.3 is 20.0 Å². The second kappa shape index (κ2) is 6.53. The molecule has 1 aromatic heterocycles. The van der Waals surface area contributed by atoms with E-state index in [0.29, 0.717) is 37.0 Å². The summed E-state index contributed by atoms with van der Waals surface area (Å²) in [5, 5.41) is 8.10. The third-order valence-electron chi connectivity index (χ3n) is 3.18. The molecule has 1 fully saturated rings. The molecule has 3 N–H and O–H groups in total. The van der Waals surface area contributed by atoms with Gasteiger partial charge >= 0.3 is 6.09 Å². The molecule has 0 unspecified atom stereocenters. The minimum absolute atomic E-state index is 0.296. The van der Waals surface area contributed by atoms with Crippen LogP contribution in [-0.4, -0.2) is 53.0 Å². The number of hydrazine groups is 1. The second-order valence-electron chi connectivity index (χ2n) is 5.99. The second-order valence-corrected chi connectivity index (χ2v) is 6.37. The van der Waals surface area contributed by atoms with Crippen LogP contribution in [0.25, 0.3) is 0 Å². The molecule has 1 aliphatic rings. The minimum Gasteiger partial charge on any atom is -0.444 e. The van der Waals surface area contributed by atoms with Crippen molar-refractivity contribution in [3.05, 3.63) is 11.2 Å². The Morgan fingerprint density at radius 1 is 1.36 bits per heavy atom. The van der Waals surface area contributed by atoms with Crippen molar-refractivity contribution in [2.45, 2.75) is 26.4 Å².